The van der Waals surface area contributed by atoms with Gasteiger partial charge < -0.3 is 10.0 Å². The van der Waals surface area contributed by atoms with Crippen LogP contribution in [0.5, 0.6) is 0 Å². The zero-order valence-electron chi connectivity index (χ0n) is 11.8. The Morgan fingerprint density at radius 2 is 2.19 bits per heavy atom. The Morgan fingerprint density at radius 1 is 1.43 bits per heavy atom. The van der Waals surface area contributed by atoms with Crippen molar-refractivity contribution in [3.05, 3.63) is 40.9 Å². The topological polar surface area (TPSA) is 57.6 Å². The van der Waals surface area contributed by atoms with Crippen LogP contribution >= 0.6 is 11.6 Å². The molecule has 0 bridgehead atoms. The SMILES string of the molecule is CC1CCCN(C(=O)/C=C/c2cccc(Cl)c2)C1C(=O)O. The van der Waals surface area contributed by atoms with Gasteiger partial charge in [-0.15, -0.1) is 0 Å². The van der Waals surface area contributed by atoms with Crippen LogP contribution < -0.4 is 0 Å². The van der Waals surface area contributed by atoms with Crippen molar-refractivity contribution in [1.29, 1.82) is 0 Å². The Morgan fingerprint density at radius 3 is 2.86 bits per heavy atom. The second-order valence-electron chi connectivity index (χ2n) is 5.32. The number of nitrogens with zero attached hydrogens (tertiary/aromatic N) is 1. The summed E-state index contributed by atoms with van der Waals surface area (Å²) in [4.78, 5) is 25.1. The van der Waals surface area contributed by atoms with Crippen molar-refractivity contribution in [2.24, 2.45) is 5.92 Å². The van der Waals surface area contributed by atoms with Crippen LogP contribution in [0.4, 0.5) is 0 Å². The third kappa shape index (κ3) is 3.85. The second kappa shape index (κ2) is 6.76. The first-order valence-corrected chi connectivity index (χ1v) is 7.34. The Hall–Kier alpha value is -1.81. The maximum Gasteiger partial charge on any atom is 0.326 e. The Balaban J connectivity index is 2.13. The van der Waals surface area contributed by atoms with E-state index < -0.39 is 12.0 Å². The van der Waals surface area contributed by atoms with E-state index >= 15 is 0 Å². The average molecular weight is 308 g/mol. The van der Waals surface area contributed by atoms with Gasteiger partial charge in [-0.05, 0) is 42.5 Å². The van der Waals surface area contributed by atoms with Gasteiger partial charge >= 0.3 is 5.97 Å². The van der Waals surface area contributed by atoms with Gasteiger partial charge in [0.15, 0.2) is 0 Å². The van der Waals surface area contributed by atoms with Crippen LogP contribution in [0.1, 0.15) is 25.3 Å². The smallest absolute Gasteiger partial charge is 0.326 e. The lowest BCUT2D eigenvalue weighted by atomic mass is 9.90. The van der Waals surface area contributed by atoms with Crippen LogP contribution in [-0.2, 0) is 9.59 Å². The van der Waals surface area contributed by atoms with Crippen LogP contribution in [0.15, 0.2) is 30.3 Å². The molecule has 2 rings (SSSR count). The molecule has 5 heteroatoms. The minimum Gasteiger partial charge on any atom is -0.480 e. The molecule has 0 aromatic heterocycles. The molecule has 0 aliphatic carbocycles. The predicted octanol–water partition coefficient (Wildman–Crippen LogP) is 3.06. The maximum absolute atomic E-state index is 12.3. The van der Waals surface area contributed by atoms with Crippen LogP contribution in [0.3, 0.4) is 0 Å². The minimum absolute atomic E-state index is 0.0280. The highest BCUT2D eigenvalue weighted by molar-refractivity contribution is 6.30. The Kier molecular flexibility index (Phi) is 5.02. The first kappa shape index (κ1) is 15.6. The molecule has 112 valence electrons. The van der Waals surface area contributed by atoms with E-state index in [9.17, 15) is 14.7 Å². The number of likely N-dealkylation sites (tertiary alicyclic amines) is 1. The van der Waals surface area contributed by atoms with Crippen molar-refractivity contribution in [2.75, 3.05) is 6.54 Å². The van der Waals surface area contributed by atoms with E-state index in [1.807, 2.05) is 13.0 Å². The van der Waals surface area contributed by atoms with E-state index in [0.29, 0.717) is 11.6 Å². The summed E-state index contributed by atoms with van der Waals surface area (Å²) in [5.41, 5.74) is 0.813. The van der Waals surface area contributed by atoms with Crippen molar-refractivity contribution < 1.29 is 14.7 Å². The number of hydrogen-bond donors (Lipinski definition) is 1. The first-order valence-electron chi connectivity index (χ1n) is 6.96. The molecule has 1 aromatic carbocycles. The van der Waals surface area contributed by atoms with E-state index in [4.69, 9.17) is 11.6 Å². The predicted molar refractivity (Wildman–Crippen MR) is 82.0 cm³/mol. The number of amides is 1. The number of rotatable bonds is 3. The van der Waals surface area contributed by atoms with Crippen molar-refractivity contribution in [3.8, 4) is 0 Å². The molecule has 1 aliphatic rings. The first-order chi connectivity index (χ1) is 9.99. The number of halogens is 1. The number of hydrogen-bond acceptors (Lipinski definition) is 2. The molecule has 0 saturated carbocycles. The largest absolute Gasteiger partial charge is 0.480 e. The fraction of sp³-hybridized carbons (Fsp3) is 0.375. The van der Waals surface area contributed by atoms with Crippen molar-refractivity contribution >= 4 is 29.6 Å². The molecule has 1 amide bonds. The Bertz CT molecular complexity index is 570. The van der Waals surface area contributed by atoms with E-state index in [2.05, 4.69) is 0 Å². The van der Waals surface area contributed by atoms with Crippen LogP contribution in [-0.4, -0.2) is 34.5 Å². The fourth-order valence-corrected chi connectivity index (χ4v) is 2.88. The molecule has 1 aromatic rings. The van der Waals surface area contributed by atoms with Crippen LogP contribution in [0.2, 0.25) is 5.02 Å². The van der Waals surface area contributed by atoms with E-state index in [1.165, 1.54) is 11.0 Å². The van der Waals surface area contributed by atoms with Gasteiger partial charge in [-0.2, -0.15) is 0 Å². The average Bonchev–Trinajstić information content (AvgIpc) is 2.44. The molecular formula is C16H18ClNO3. The van der Waals surface area contributed by atoms with Crippen molar-refractivity contribution in [3.63, 3.8) is 0 Å². The molecule has 1 N–H and O–H groups in total. The number of carbonyl (C=O) groups excluding carboxylic acids is 1. The number of carbonyl (C=O) groups is 2. The lowest BCUT2D eigenvalue weighted by Crippen LogP contribution is -2.51. The van der Waals surface area contributed by atoms with Gasteiger partial charge in [-0.3, -0.25) is 4.79 Å². The van der Waals surface area contributed by atoms with Gasteiger partial charge in [0, 0.05) is 17.6 Å². The van der Waals surface area contributed by atoms with Crippen molar-refractivity contribution in [1.82, 2.24) is 4.90 Å². The number of carboxylic acid groups (broad SMARTS) is 1. The summed E-state index contributed by atoms with van der Waals surface area (Å²) in [7, 11) is 0. The van der Waals surface area contributed by atoms with Crippen LogP contribution in [0.25, 0.3) is 6.08 Å². The molecule has 0 spiro atoms. The number of aliphatic carboxylic acids is 1. The van der Waals surface area contributed by atoms with Gasteiger partial charge in [0.1, 0.15) is 6.04 Å². The molecule has 2 unspecified atom stereocenters. The van der Waals surface area contributed by atoms with E-state index in [0.717, 1.165) is 18.4 Å². The van der Waals surface area contributed by atoms with Gasteiger partial charge in [0.05, 0.1) is 0 Å². The van der Waals surface area contributed by atoms with E-state index in [1.54, 1.807) is 24.3 Å². The van der Waals surface area contributed by atoms with Gasteiger partial charge in [0.2, 0.25) is 5.91 Å². The van der Waals surface area contributed by atoms with Gasteiger partial charge in [-0.1, -0.05) is 30.7 Å². The fourth-order valence-electron chi connectivity index (χ4n) is 2.69. The molecule has 1 heterocycles. The highest BCUT2D eigenvalue weighted by Gasteiger charge is 2.36. The van der Waals surface area contributed by atoms with Crippen molar-refractivity contribution in [2.45, 2.75) is 25.8 Å². The highest BCUT2D eigenvalue weighted by atomic mass is 35.5. The molecule has 0 radical (unpaired) electrons. The summed E-state index contributed by atoms with van der Waals surface area (Å²) in [6, 6.07) is 6.40. The summed E-state index contributed by atoms with van der Waals surface area (Å²) in [5.74, 6) is -1.24. The monoisotopic (exact) mass is 307 g/mol. The zero-order valence-corrected chi connectivity index (χ0v) is 12.6. The number of benzene rings is 1. The third-order valence-corrected chi connectivity index (χ3v) is 3.97. The number of carboxylic acids is 1. The van der Waals surface area contributed by atoms with Gasteiger partial charge in [0.25, 0.3) is 0 Å². The third-order valence-electron chi connectivity index (χ3n) is 3.74. The molecule has 2 atom stereocenters. The van der Waals surface area contributed by atoms with Gasteiger partial charge in [-0.25, -0.2) is 4.79 Å². The van der Waals surface area contributed by atoms with Crippen LogP contribution in [0, 0.1) is 5.92 Å². The summed E-state index contributed by atoms with van der Waals surface area (Å²) in [5, 5.41) is 9.91. The summed E-state index contributed by atoms with van der Waals surface area (Å²) in [6.45, 7) is 2.36. The maximum atomic E-state index is 12.3. The lowest BCUT2D eigenvalue weighted by molar-refractivity contribution is -0.152. The summed E-state index contributed by atoms with van der Waals surface area (Å²) in [6.07, 6.45) is 4.74. The molecular weight excluding hydrogens is 290 g/mol. The zero-order chi connectivity index (χ0) is 15.4. The number of piperidine rings is 1. The molecule has 1 aliphatic heterocycles. The molecule has 1 fully saturated rings. The minimum atomic E-state index is -0.938. The normalized spacial score (nSPS) is 22.5. The summed E-state index contributed by atoms with van der Waals surface area (Å²) < 4.78 is 0. The standard InChI is InChI=1S/C16H18ClNO3/c1-11-4-3-9-18(15(11)16(20)21)14(19)8-7-12-5-2-6-13(17)10-12/h2,5-8,10-11,15H,3-4,9H2,1H3,(H,20,21)/b8-7+. The molecule has 1 saturated heterocycles. The molecule has 21 heavy (non-hydrogen) atoms. The summed E-state index contributed by atoms with van der Waals surface area (Å²) >= 11 is 5.89. The quantitative estimate of drug-likeness (QED) is 0.873. The molecule has 4 nitrogen and oxygen atoms in total. The second-order valence-corrected chi connectivity index (χ2v) is 5.76. The highest BCUT2D eigenvalue weighted by Crippen LogP contribution is 2.24. The van der Waals surface area contributed by atoms with E-state index in [-0.39, 0.29) is 11.8 Å². The Labute approximate surface area is 129 Å². The lowest BCUT2D eigenvalue weighted by Gasteiger charge is -2.36.